The van der Waals surface area contributed by atoms with Gasteiger partial charge < -0.3 is 10.5 Å². The highest BCUT2D eigenvalue weighted by atomic mass is 16.5. The van der Waals surface area contributed by atoms with Gasteiger partial charge in [0.05, 0.1) is 7.11 Å². The van der Waals surface area contributed by atoms with E-state index < -0.39 is 0 Å². The minimum atomic E-state index is -0.221. The predicted octanol–water partition coefficient (Wildman–Crippen LogP) is 3.37. The Labute approximate surface area is 104 Å². The fourth-order valence-corrected chi connectivity index (χ4v) is 3.03. The zero-order valence-corrected chi connectivity index (χ0v) is 11.3. The van der Waals surface area contributed by atoms with Gasteiger partial charge in [-0.3, -0.25) is 0 Å². The highest BCUT2D eigenvalue weighted by Crippen LogP contribution is 2.49. The summed E-state index contributed by atoms with van der Waals surface area (Å²) in [5, 5.41) is 0. The third-order valence-electron chi connectivity index (χ3n) is 3.93. The number of hydrogen-bond donors (Lipinski definition) is 1. The minimum Gasteiger partial charge on any atom is -0.496 e. The van der Waals surface area contributed by atoms with Crippen LogP contribution in [0.3, 0.4) is 0 Å². The average molecular weight is 233 g/mol. The molecule has 1 fully saturated rings. The van der Waals surface area contributed by atoms with Crippen molar-refractivity contribution in [2.45, 2.75) is 45.6 Å². The zero-order chi connectivity index (χ0) is 12.7. The number of ether oxygens (including phenoxy) is 1. The van der Waals surface area contributed by atoms with E-state index in [-0.39, 0.29) is 5.54 Å². The third-order valence-corrected chi connectivity index (χ3v) is 3.93. The van der Waals surface area contributed by atoms with E-state index in [4.69, 9.17) is 10.5 Å². The van der Waals surface area contributed by atoms with E-state index in [1.807, 2.05) is 6.07 Å². The number of rotatable bonds is 2. The van der Waals surface area contributed by atoms with Gasteiger partial charge in [-0.15, -0.1) is 0 Å². The quantitative estimate of drug-likeness (QED) is 0.850. The fraction of sp³-hybridized carbons (Fsp3) is 0.600. The number of methoxy groups -OCH3 is 1. The Bertz CT molecular complexity index is 425. The molecule has 0 aromatic heterocycles. The standard InChI is InChI=1S/C15H23NO/c1-11-5-6-13(17-4)12(9-11)15(16)8-7-14(2,3)10-15/h5-6,9H,7-8,10,16H2,1-4H3. The van der Waals surface area contributed by atoms with Crippen LogP contribution in [0.15, 0.2) is 18.2 Å². The number of benzene rings is 1. The van der Waals surface area contributed by atoms with Crippen molar-refractivity contribution in [1.29, 1.82) is 0 Å². The van der Waals surface area contributed by atoms with Crippen LogP contribution >= 0.6 is 0 Å². The van der Waals surface area contributed by atoms with Gasteiger partial charge in [-0.1, -0.05) is 31.5 Å². The summed E-state index contributed by atoms with van der Waals surface area (Å²) in [6, 6.07) is 6.29. The first-order valence-electron chi connectivity index (χ1n) is 6.30. The summed E-state index contributed by atoms with van der Waals surface area (Å²) < 4.78 is 5.47. The Balaban J connectivity index is 2.43. The van der Waals surface area contributed by atoms with Crippen molar-refractivity contribution in [2.24, 2.45) is 11.1 Å². The van der Waals surface area contributed by atoms with Gasteiger partial charge in [0.2, 0.25) is 0 Å². The van der Waals surface area contributed by atoms with Gasteiger partial charge in [-0.05, 0) is 37.7 Å². The summed E-state index contributed by atoms with van der Waals surface area (Å²) in [7, 11) is 1.72. The second kappa shape index (κ2) is 4.02. The van der Waals surface area contributed by atoms with E-state index in [0.717, 1.165) is 18.6 Å². The molecular formula is C15H23NO. The van der Waals surface area contributed by atoms with Crippen LogP contribution in [0.25, 0.3) is 0 Å². The molecule has 1 aromatic rings. The molecule has 0 saturated heterocycles. The van der Waals surface area contributed by atoms with Crippen molar-refractivity contribution in [3.63, 3.8) is 0 Å². The van der Waals surface area contributed by atoms with Crippen LogP contribution < -0.4 is 10.5 Å². The number of hydrogen-bond acceptors (Lipinski definition) is 2. The van der Waals surface area contributed by atoms with Crippen LogP contribution in [0.4, 0.5) is 0 Å². The summed E-state index contributed by atoms with van der Waals surface area (Å²) >= 11 is 0. The Hall–Kier alpha value is -1.02. The highest BCUT2D eigenvalue weighted by molar-refractivity contribution is 5.42. The maximum Gasteiger partial charge on any atom is 0.123 e. The van der Waals surface area contributed by atoms with Crippen LogP contribution in [-0.2, 0) is 5.54 Å². The molecule has 0 bridgehead atoms. The molecule has 0 radical (unpaired) electrons. The van der Waals surface area contributed by atoms with Gasteiger partial charge in [-0.2, -0.15) is 0 Å². The molecule has 1 atom stereocenters. The molecule has 0 aliphatic heterocycles. The van der Waals surface area contributed by atoms with Gasteiger partial charge in [0, 0.05) is 11.1 Å². The largest absolute Gasteiger partial charge is 0.496 e. The lowest BCUT2D eigenvalue weighted by Crippen LogP contribution is -2.35. The van der Waals surface area contributed by atoms with Crippen molar-refractivity contribution < 1.29 is 4.74 Å². The van der Waals surface area contributed by atoms with Crippen LogP contribution in [0.5, 0.6) is 5.75 Å². The summed E-state index contributed by atoms with van der Waals surface area (Å²) in [6.07, 6.45) is 3.25. The van der Waals surface area contributed by atoms with E-state index >= 15 is 0 Å². The monoisotopic (exact) mass is 233 g/mol. The first kappa shape index (κ1) is 12.4. The smallest absolute Gasteiger partial charge is 0.123 e. The van der Waals surface area contributed by atoms with E-state index in [2.05, 4.69) is 32.9 Å². The normalized spacial score (nSPS) is 27.1. The summed E-state index contributed by atoms with van der Waals surface area (Å²) in [4.78, 5) is 0. The maximum absolute atomic E-state index is 6.62. The Morgan fingerprint density at radius 2 is 1.94 bits per heavy atom. The van der Waals surface area contributed by atoms with Gasteiger partial charge >= 0.3 is 0 Å². The number of nitrogens with two attached hydrogens (primary N) is 1. The highest BCUT2D eigenvalue weighted by Gasteiger charge is 2.42. The molecule has 2 nitrogen and oxygen atoms in total. The molecule has 17 heavy (non-hydrogen) atoms. The van der Waals surface area contributed by atoms with Crippen LogP contribution in [0, 0.1) is 12.3 Å². The lowest BCUT2D eigenvalue weighted by molar-refractivity contribution is 0.328. The minimum absolute atomic E-state index is 0.221. The topological polar surface area (TPSA) is 35.2 Å². The molecule has 0 heterocycles. The van der Waals surface area contributed by atoms with E-state index in [1.54, 1.807) is 7.11 Å². The van der Waals surface area contributed by atoms with Gasteiger partial charge in [0.15, 0.2) is 0 Å². The van der Waals surface area contributed by atoms with Crippen LogP contribution in [0.1, 0.15) is 44.2 Å². The molecule has 2 N–H and O–H groups in total. The lowest BCUT2D eigenvalue weighted by Gasteiger charge is -2.29. The van der Waals surface area contributed by atoms with E-state index in [1.165, 1.54) is 17.5 Å². The molecular weight excluding hydrogens is 210 g/mol. The molecule has 0 spiro atoms. The van der Waals surface area contributed by atoms with Crippen LogP contribution in [0.2, 0.25) is 0 Å². The second-order valence-electron chi connectivity index (χ2n) is 6.20. The van der Waals surface area contributed by atoms with E-state index in [9.17, 15) is 0 Å². The zero-order valence-electron chi connectivity index (χ0n) is 11.3. The Morgan fingerprint density at radius 3 is 2.47 bits per heavy atom. The van der Waals surface area contributed by atoms with Crippen molar-refractivity contribution in [2.75, 3.05) is 7.11 Å². The first-order valence-corrected chi connectivity index (χ1v) is 6.30. The fourth-order valence-electron chi connectivity index (χ4n) is 3.03. The summed E-state index contributed by atoms with van der Waals surface area (Å²) in [6.45, 7) is 6.69. The molecule has 94 valence electrons. The maximum atomic E-state index is 6.62. The van der Waals surface area contributed by atoms with Crippen molar-refractivity contribution in [1.82, 2.24) is 0 Å². The lowest BCUT2D eigenvalue weighted by atomic mass is 9.83. The third kappa shape index (κ3) is 2.32. The average Bonchev–Trinajstić information content (AvgIpc) is 2.54. The Morgan fingerprint density at radius 1 is 1.24 bits per heavy atom. The molecule has 1 aliphatic rings. The number of aryl methyl sites for hydroxylation is 1. The summed E-state index contributed by atoms with van der Waals surface area (Å²) in [5.41, 5.74) is 9.15. The van der Waals surface area contributed by atoms with Crippen LogP contribution in [-0.4, -0.2) is 7.11 Å². The van der Waals surface area contributed by atoms with Crippen molar-refractivity contribution in [3.8, 4) is 5.75 Å². The SMILES string of the molecule is COc1ccc(C)cc1C1(N)CCC(C)(C)C1. The van der Waals surface area contributed by atoms with Gasteiger partial charge in [0.25, 0.3) is 0 Å². The molecule has 1 aliphatic carbocycles. The van der Waals surface area contributed by atoms with Gasteiger partial charge in [-0.25, -0.2) is 0 Å². The predicted molar refractivity (Wildman–Crippen MR) is 71.2 cm³/mol. The molecule has 0 amide bonds. The molecule has 2 heteroatoms. The molecule has 2 rings (SSSR count). The molecule has 1 aromatic carbocycles. The Kier molecular flexibility index (Phi) is 2.94. The second-order valence-corrected chi connectivity index (χ2v) is 6.20. The van der Waals surface area contributed by atoms with Gasteiger partial charge in [0.1, 0.15) is 5.75 Å². The molecule has 1 saturated carbocycles. The molecule has 1 unspecified atom stereocenters. The van der Waals surface area contributed by atoms with Crippen molar-refractivity contribution >= 4 is 0 Å². The summed E-state index contributed by atoms with van der Waals surface area (Å²) in [5.74, 6) is 0.927. The van der Waals surface area contributed by atoms with E-state index in [0.29, 0.717) is 5.41 Å². The first-order chi connectivity index (χ1) is 7.86. The van der Waals surface area contributed by atoms with Crippen molar-refractivity contribution in [3.05, 3.63) is 29.3 Å².